The monoisotopic (exact) mass is 827 g/mol. The Morgan fingerprint density at radius 1 is 0.852 bits per heavy atom. The van der Waals surface area contributed by atoms with Crippen LogP contribution < -0.4 is 31.2 Å². The Morgan fingerprint density at radius 2 is 1.61 bits per heavy atom. The van der Waals surface area contributed by atoms with Crippen LogP contribution in [0.5, 0.6) is 11.5 Å². The van der Waals surface area contributed by atoms with Crippen LogP contribution in [-0.4, -0.2) is 90.2 Å². The van der Waals surface area contributed by atoms with Crippen molar-refractivity contribution in [1.29, 1.82) is 0 Å². The molecule has 314 valence electrons. The highest BCUT2D eigenvalue weighted by atomic mass is 16.5. The molecule has 8 rings (SSSR count). The number of amides is 4. The Balaban J connectivity index is 0.836. The fourth-order valence-electron chi connectivity index (χ4n) is 7.69. The third-order valence-electron chi connectivity index (χ3n) is 10.8. The van der Waals surface area contributed by atoms with Gasteiger partial charge in [-0.2, -0.15) is 0 Å². The smallest absolute Gasteiger partial charge is 0.291 e. The molecule has 18 nitrogen and oxygen atoms in total. The SMILES string of the molecule is COc1cc2c(cc1OCCCC(=O)Nc1cn(C)c(C(=O)Nc3cc(C(=O)Nc4cc(C(=O)n5ccc6cc(N)ccc65)n(C)c4)n(C)c3)n1)N=C[C@@H]1CCCCN1C2=O. The average Bonchev–Trinajstić information content (AvgIpc) is 4.00. The van der Waals surface area contributed by atoms with Crippen molar-refractivity contribution in [3.05, 3.63) is 96.1 Å². The molecule has 0 spiro atoms. The van der Waals surface area contributed by atoms with Gasteiger partial charge < -0.3 is 49.8 Å². The zero-order chi connectivity index (χ0) is 42.9. The van der Waals surface area contributed by atoms with E-state index in [0.717, 1.165) is 24.6 Å². The molecule has 6 heterocycles. The van der Waals surface area contributed by atoms with Gasteiger partial charge in [-0.3, -0.25) is 33.5 Å². The number of methoxy groups -OCH3 is 1. The molecule has 1 atom stereocenters. The van der Waals surface area contributed by atoms with Crippen LogP contribution in [-0.2, 0) is 25.9 Å². The number of benzene rings is 2. The number of rotatable bonds is 12. The van der Waals surface area contributed by atoms with Gasteiger partial charge in [0.05, 0.1) is 47.9 Å². The number of aliphatic imine (C=N–C) groups is 1. The van der Waals surface area contributed by atoms with Crippen LogP contribution in [0.3, 0.4) is 0 Å². The van der Waals surface area contributed by atoms with E-state index in [1.54, 1.807) is 85.3 Å². The number of hydrogen-bond donors (Lipinski definition) is 4. The summed E-state index contributed by atoms with van der Waals surface area (Å²) in [7, 11) is 6.51. The van der Waals surface area contributed by atoms with Crippen molar-refractivity contribution in [1.82, 2.24) is 28.2 Å². The van der Waals surface area contributed by atoms with E-state index in [2.05, 4.69) is 25.9 Å². The molecule has 6 aromatic rings. The van der Waals surface area contributed by atoms with Crippen molar-refractivity contribution in [2.24, 2.45) is 26.1 Å². The summed E-state index contributed by atoms with van der Waals surface area (Å²) in [4.78, 5) is 77.0. The van der Waals surface area contributed by atoms with Crippen LogP contribution in [0.25, 0.3) is 10.9 Å². The highest BCUT2D eigenvalue weighted by Crippen LogP contribution is 2.38. The molecule has 18 heteroatoms. The van der Waals surface area contributed by atoms with Gasteiger partial charge >= 0.3 is 0 Å². The van der Waals surface area contributed by atoms with Gasteiger partial charge in [-0.15, -0.1) is 0 Å². The van der Waals surface area contributed by atoms with Gasteiger partial charge in [-0.25, -0.2) is 4.98 Å². The van der Waals surface area contributed by atoms with E-state index in [9.17, 15) is 24.0 Å². The van der Waals surface area contributed by atoms with E-state index in [0.29, 0.717) is 64.0 Å². The first-order chi connectivity index (χ1) is 29.4. The number of fused-ring (bicyclic) bond motifs is 3. The third kappa shape index (κ3) is 8.19. The second kappa shape index (κ2) is 16.6. The Bertz CT molecular complexity index is 2750. The second-order valence-corrected chi connectivity index (χ2v) is 15.1. The minimum atomic E-state index is -0.558. The first-order valence-corrected chi connectivity index (χ1v) is 19.8. The molecule has 1 fully saturated rings. The van der Waals surface area contributed by atoms with Gasteiger partial charge in [0.2, 0.25) is 11.7 Å². The zero-order valence-corrected chi connectivity index (χ0v) is 34.1. The number of aryl methyl sites for hydroxylation is 3. The summed E-state index contributed by atoms with van der Waals surface area (Å²) in [6, 6.07) is 13.6. The van der Waals surface area contributed by atoms with Crippen LogP contribution in [0.15, 0.2) is 78.3 Å². The van der Waals surface area contributed by atoms with Gasteiger partial charge in [0, 0.05) is 82.3 Å². The number of carbonyl (C=O) groups is 5. The number of hydrogen-bond acceptors (Lipinski definition) is 10. The summed E-state index contributed by atoms with van der Waals surface area (Å²) >= 11 is 0. The summed E-state index contributed by atoms with van der Waals surface area (Å²) in [6.07, 6.45) is 11.6. The molecule has 4 amide bonds. The van der Waals surface area contributed by atoms with Crippen LogP contribution >= 0.6 is 0 Å². The largest absolute Gasteiger partial charge is 0.493 e. The van der Waals surface area contributed by atoms with Crippen molar-refractivity contribution in [2.45, 2.75) is 38.1 Å². The number of ether oxygens (including phenoxy) is 2. The number of anilines is 4. The second-order valence-electron chi connectivity index (χ2n) is 15.1. The van der Waals surface area contributed by atoms with Crippen molar-refractivity contribution in [3.8, 4) is 11.5 Å². The van der Waals surface area contributed by atoms with Crippen LogP contribution in [0.2, 0.25) is 0 Å². The maximum atomic E-state index is 13.5. The number of piperidine rings is 1. The first-order valence-electron chi connectivity index (χ1n) is 19.8. The lowest BCUT2D eigenvalue weighted by Gasteiger charge is -2.32. The molecule has 0 radical (unpaired) electrons. The fraction of sp³-hybridized carbons (Fsp3) is 0.279. The standard InChI is InChI=1S/C43H45N11O7/c1-50-22-27(17-33(50)40(56)46-28-18-34(51(2)23-28)43(59)54-14-12-25-16-26(44)10-11-32(25)54)47-41(57)39-49-37(24-52(39)3)48-38(55)9-7-15-61-36-20-31-30(19-35(36)60-4)42(58)53-13-6-5-8-29(53)21-45-31/h10-12,14,16-24,29H,5-9,13,15,44H2,1-4H3,(H,46,56)(H,47,57)(H,48,55)/t29-/m0/s1. The van der Waals surface area contributed by atoms with Gasteiger partial charge in [0.15, 0.2) is 17.3 Å². The zero-order valence-electron chi connectivity index (χ0n) is 34.1. The Kier molecular flexibility index (Phi) is 10.9. The molecule has 0 saturated carbocycles. The van der Waals surface area contributed by atoms with Gasteiger partial charge in [0.25, 0.3) is 23.6 Å². The molecule has 2 aliphatic rings. The number of imidazole rings is 1. The van der Waals surface area contributed by atoms with Crippen molar-refractivity contribution >= 4 is 75.2 Å². The van der Waals surface area contributed by atoms with Crippen LogP contribution in [0.4, 0.5) is 28.6 Å². The molecule has 61 heavy (non-hydrogen) atoms. The van der Waals surface area contributed by atoms with Crippen molar-refractivity contribution in [2.75, 3.05) is 41.9 Å². The summed E-state index contributed by atoms with van der Waals surface area (Å²) in [5, 5.41) is 9.15. The van der Waals surface area contributed by atoms with Gasteiger partial charge in [-0.05, 0) is 68.1 Å². The first kappa shape index (κ1) is 40.2. The lowest BCUT2D eigenvalue weighted by molar-refractivity contribution is -0.116. The maximum Gasteiger partial charge on any atom is 0.291 e. The Labute approximate surface area is 349 Å². The number of nitrogens with one attached hydrogen (secondary N) is 3. The predicted octanol–water partition coefficient (Wildman–Crippen LogP) is 5.34. The molecule has 2 aliphatic heterocycles. The molecule has 0 aliphatic carbocycles. The molecule has 5 N–H and O–H groups in total. The van der Waals surface area contributed by atoms with Crippen molar-refractivity contribution in [3.63, 3.8) is 0 Å². The third-order valence-corrected chi connectivity index (χ3v) is 10.8. The van der Waals surface area contributed by atoms with Crippen LogP contribution in [0.1, 0.15) is 74.1 Å². The maximum absolute atomic E-state index is 13.5. The number of nitrogen functional groups attached to an aromatic ring is 1. The number of aromatic nitrogens is 5. The molecule has 1 saturated heterocycles. The number of carbonyl (C=O) groups excluding carboxylic acids is 5. The summed E-state index contributed by atoms with van der Waals surface area (Å²) < 4.78 is 17.7. The summed E-state index contributed by atoms with van der Waals surface area (Å²) in [5.74, 6) is -0.653. The lowest BCUT2D eigenvalue weighted by Crippen LogP contribution is -2.43. The quantitative estimate of drug-likeness (QED) is 0.0924. The molecule has 4 aromatic heterocycles. The molecule has 0 bridgehead atoms. The van der Waals surface area contributed by atoms with Gasteiger partial charge in [-0.1, -0.05) is 0 Å². The topological polar surface area (TPSA) is 214 Å². The molecular formula is C43H45N11O7. The molecule has 2 aromatic carbocycles. The van der Waals surface area contributed by atoms with E-state index < -0.39 is 11.8 Å². The van der Waals surface area contributed by atoms with Gasteiger partial charge in [0.1, 0.15) is 11.4 Å². The van der Waals surface area contributed by atoms with E-state index in [1.165, 1.54) is 28.5 Å². The van der Waals surface area contributed by atoms with Crippen LogP contribution in [0, 0.1) is 0 Å². The van der Waals surface area contributed by atoms with Crippen molar-refractivity contribution < 1.29 is 33.4 Å². The number of nitrogens with two attached hydrogens (primary N) is 1. The Hall–Kier alpha value is -7.63. The highest BCUT2D eigenvalue weighted by molar-refractivity contribution is 6.08. The minimum absolute atomic E-state index is 0.0263. The number of nitrogens with zero attached hydrogens (tertiary/aromatic N) is 7. The Morgan fingerprint density at radius 3 is 2.39 bits per heavy atom. The molecule has 0 unspecified atom stereocenters. The molecular weight excluding hydrogens is 783 g/mol. The normalized spacial score (nSPS) is 14.6. The van der Waals surface area contributed by atoms with E-state index in [4.69, 9.17) is 15.2 Å². The highest BCUT2D eigenvalue weighted by Gasteiger charge is 2.31. The summed E-state index contributed by atoms with van der Waals surface area (Å²) in [6.45, 7) is 0.883. The minimum Gasteiger partial charge on any atom is -0.493 e. The van der Waals surface area contributed by atoms with E-state index in [-0.39, 0.29) is 54.1 Å². The predicted molar refractivity (Wildman–Crippen MR) is 229 cm³/mol. The van der Waals surface area contributed by atoms with E-state index in [1.807, 2.05) is 17.2 Å². The average molecular weight is 828 g/mol. The fourth-order valence-corrected chi connectivity index (χ4v) is 7.69. The lowest BCUT2D eigenvalue weighted by atomic mass is 10.0. The summed E-state index contributed by atoms with van der Waals surface area (Å²) in [5.41, 5.74) is 9.54. The van der Waals surface area contributed by atoms with E-state index >= 15 is 0 Å².